The molecule has 10 heteroatoms. The molecule has 3 rings (SSSR count). The van der Waals surface area contributed by atoms with Gasteiger partial charge in [0.2, 0.25) is 5.91 Å². The van der Waals surface area contributed by atoms with Crippen LogP contribution in [0.4, 0.5) is 5.69 Å². The number of nitrogens with one attached hydrogen (secondary N) is 2. The normalized spacial score (nSPS) is 11.7. The van der Waals surface area contributed by atoms with Crippen LogP contribution >= 0.6 is 43.6 Å². The number of thioether (sulfide) groups is 1. The third kappa shape index (κ3) is 6.18. The second-order valence-electron chi connectivity index (χ2n) is 6.61. The number of halogens is 2. The van der Waals surface area contributed by atoms with Crippen LogP contribution in [-0.2, 0) is 11.3 Å². The van der Waals surface area contributed by atoms with Crippen molar-refractivity contribution in [3.05, 3.63) is 68.9 Å². The summed E-state index contributed by atoms with van der Waals surface area (Å²) < 4.78 is 3.58. The molecule has 0 radical (unpaired) electrons. The third-order valence-electron chi connectivity index (χ3n) is 4.37. The number of nitrogens with zero attached hydrogens (tertiary/aromatic N) is 3. The molecule has 0 saturated carbocycles. The van der Waals surface area contributed by atoms with Crippen molar-refractivity contribution in [2.45, 2.75) is 31.6 Å². The lowest BCUT2D eigenvalue weighted by atomic mass is 10.2. The molecule has 3 aromatic rings. The Labute approximate surface area is 201 Å². The lowest BCUT2D eigenvalue weighted by Crippen LogP contribution is -2.28. The Morgan fingerprint density at radius 2 is 1.87 bits per heavy atom. The third-order valence-corrected chi connectivity index (χ3v) is 6.52. The smallest absolute Gasteiger partial charge is 0.251 e. The molecule has 0 bridgehead atoms. The quantitative estimate of drug-likeness (QED) is 0.373. The van der Waals surface area contributed by atoms with Gasteiger partial charge >= 0.3 is 0 Å². The Hall–Kier alpha value is -2.17. The lowest BCUT2D eigenvalue weighted by molar-refractivity contribution is -0.113. The second-order valence-corrected chi connectivity index (χ2v) is 9.32. The van der Waals surface area contributed by atoms with Gasteiger partial charge in [-0.25, -0.2) is 0 Å². The maximum absolute atomic E-state index is 12.4. The highest BCUT2D eigenvalue weighted by Crippen LogP contribution is 2.27. The number of carbonyl (C=O) groups is 2. The first-order chi connectivity index (χ1) is 14.9. The number of hydrogen-bond acceptors (Lipinski definition) is 5. The van der Waals surface area contributed by atoms with Crippen LogP contribution in [0.25, 0.3) is 0 Å². The molecule has 0 aliphatic heterocycles. The van der Waals surface area contributed by atoms with Gasteiger partial charge in [-0.1, -0.05) is 45.9 Å². The van der Waals surface area contributed by atoms with Crippen molar-refractivity contribution in [1.82, 2.24) is 20.1 Å². The van der Waals surface area contributed by atoms with E-state index in [1.54, 1.807) is 12.1 Å². The van der Waals surface area contributed by atoms with Crippen LogP contribution in [0.3, 0.4) is 0 Å². The maximum Gasteiger partial charge on any atom is 0.251 e. The van der Waals surface area contributed by atoms with Crippen molar-refractivity contribution >= 4 is 61.1 Å². The molecule has 0 aliphatic carbocycles. The highest BCUT2D eigenvalue weighted by Gasteiger charge is 2.20. The zero-order chi connectivity index (χ0) is 22.4. The van der Waals surface area contributed by atoms with E-state index < -0.39 is 0 Å². The predicted molar refractivity (Wildman–Crippen MR) is 129 cm³/mol. The summed E-state index contributed by atoms with van der Waals surface area (Å²) in [5.74, 6) is 0.500. The summed E-state index contributed by atoms with van der Waals surface area (Å²) in [6.07, 6.45) is 0. The molecule has 2 N–H and O–H groups in total. The van der Waals surface area contributed by atoms with Gasteiger partial charge in [0.05, 0.1) is 17.5 Å². The predicted octanol–water partition coefficient (Wildman–Crippen LogP) is 5.04. The zero-order valence-electron chi connectivity index (χ0n) is 16.9. The number of benzene rings is 2. The summed E-state index contributed by atoms with van der Waals surface area (Å²) >= 11 is 8.13. The Bertz CT molecular complexity index is 1070. The van der Waals surface area contributed by atoms with Crippen LogP contribution in [-0.4, -0.2) is 32.3 Å². The molecule has 0 unspecified atom stereocenters. The minimum absolute atomic E-state index is 0.151. The molecule has 31 heavy (non-hydrogen) atoms. The highest BCUT2D eigenvalue weighted by molar-refractivity contribution is 9.11. The Kier molecular flexibility index (Phi) is 8.28. The topological polar surface area (TPSA) is 88.9 Å². The molecular formula is C21H21Br2N5O2S. The molecule has 0 fully saturated rings. The SMILES string of the molecule is CCn1c(SCC(=O)Nc2cc(Br)ccc2Br)nnc1[C@H](C)NC(=O)c1ccccc1. The van der Waals surface area contributed by atoms with E-state index in [1.165, 1.54) is 11.8 Å². The Balaban J connectivity index is 1.63. The van der Waals surface area contributed by atoms with E-state index >= 15 is 0 Å². The summed E-state index contributed by atoms with van der Waals surface area (Å²) in [6, 6.07) is 14.3. The molecule has 1 aromatic heterocycles. The van der Waals surface area contributed by atoms with Crippen LogP contribution < -0.4 is 10.6 Å². The number of aromatic nitrogens is 3. The average Bonchev–Trinajstić information content (AvgIpc) is 3.18. The number of carbonyl (C=O) groups excluding carboxylic acids is 2. The first kappa shape index (κ1) is 23.5. The Morgan fingerprint density at radius 1 is 1.13 bits per heavy atom. The average molecular weight is 567 g/mol. The highest BCUT2D eigenvalue weighted by atomic mass is 79.9. The number of rotatable bonds is 8. The van der Waals surface area contributed by atoms with E-state index in [0.717, 1.165) is 8.95 Å². The van der Waals surface area contributed by atoms with Crippen LogP contribution in [0.1, 0.15) is 36.1 Å². The minimum Gasteiger partial charge on any atom is -0.342 e. The van der Waals surface area contributed by atoms with E-state index in [1.807, 2.05) is 54.8 Å². The van der Waals surface area contributed by atoms with Crippen LogP contribution in [0.5, 0.6) is 0 Å². The molecule has 2 amide bonds. The molecule has 0 saturated heterocycles. The molecule has 1 atom stereocenters. The van der Waals surface area contributed by atoms with E-state index in [2.05, 4.69) is 52.7 Å². The number of hydrogen-bond donors (Lipinski definition) is 2. The molecular weight excluding hydrogens is 546 g/mol. The molecule has 1 heterocycles. The van der Waals surface area contributed by atoms with Gasteiger partial charge in [-0.05, 0) is 60.1 Å². The summed E-state index contributed by atoms with van der Waals surface area (Å²) in [7, 11) is 0. The monoisotopic (exact) mass is 565 g/mol. The first-order valence-electron chi connectivity index (χ1n) is 9.55. The lowest BCUT2D eigenvalue weighted by Gasteiger charge is -2.15. The van der Waals surface area contributed by atoms with E-state index in [-0.39, 0.29) is 23.6 Å². The second kappa shape index (κ2) is 10.9. The van der Waals surface area contributed by atoms with Crippen LogP contribution in [0.15, 0.2) is 62.6 Å². The first-order valence-corrected chi connectivity index (χ1v) is 12.1. The summed E-state index contributed by atoms with van der Waals surface area (Å²) in [6.45, 7) is 4.46. The minimum atomic E-state index is -0.332. The van der Waals surface area contributed by atoms with Crippen LogP contribution in [0.2, 0.25) is 0 Å². The molecule has 0 aliphatic rings. The molecule has 2 aromatic carbocycles. The van der Waals surface area contributed by atoms with Crippen molar-refractivity contribution in [2.24, 2.45) is 0 Å². The van der Waals surface area contributed by atoms with Crippen molar-refractivity contribution in [3.8, 4) is 0 Å². The Morgan fingerprint density at radius 3 is 2.58 bits per heavy atom. The summed E-state index contributed by atoms with van der Waals surface area (Å²) in [5.41, 5.74) is 1.27. The van der Waals surface area contributed by atoms with Crippen molar-refractivity contribution in [2.75, 3.05) is 11.1 Å². The van der Waals surface area contributed by atoms with E-state index in [4.69, 9.17) is 0 Å². The maximum atomic E-state index is 12.4. The van der Waals surface area contributed by atoms with Gasteiger partial charge in [0.15, 0.2) is 11.0 Å². The van der Waals surface area contributed by atoms with Gasteiger partial charge in [0.25, 0.3) is 5.91 Å². The summed E-state index contributed by atoms with van der Waals surface area (Å²) in [4.78, 5) is 24.9. The summed E-state index contributed by atoms with van der Waals surface area (Å²) in [5, 5.41) is 14.9. The number of anilines is 1. The van der Waals surface area contributed by atoms with Gasteiger partial charge < -0.3 is 15.2 Å². The number of amides is 2. The standard InChI is InChI=1S/C21H21Br2N5O2S/c1-3-28-19(13(2)24-20(30)14-7-5-4-6-8-14)26-27-21(28)31-12-18(29)25-17-11-15(22)9-10-16(17)23/h4-11,13H,3,12H2,1-2H3,(H,24,30)(H,25,29)/t13-/m0/s1. The molecule has 162 valence electrons. The van der Waals surface area contributed by atoms with Gasteiger partial charge in [-0.15, -0.1) is 10.2 Å². The van der Waals surface area contributed by atoms with Crippen molar-refractivity contribution < 1.29 is 9.59 Å². The van der Waals surface area contributed by atoms with E-state index in [9.17, 15) is 9.59 Å². The molecule has 0 spiro atoms. The largest absolute Gasteiger partial charge is 0.342 e. The van der Waals surface area contributed by atoms with Gasteiger partial charge in [-0.2, -0.15) is 0 Å². The van der Waals surface area contributed by atoms with Gasteiger partial charge in [-0.3, -0.25) is 9.59 Å². The molecule has 7 nitrogen and oxygen atoms in total. The fraction of sp³-hybridized carbons (Fsp3) is 0.238. The van der Waals surface area contributed by atoms with Gasteiger partial charge in [0.1, 0.15) is 0 Å². The van der Waals surface area contributed by atoms with Crippen LogP contribution in [0, 0.1) is 0 Å². The van der Waals surface area contributed by atoms with Crippen molar-refractivity contribution in [1.29, 1.82) is 0 Å². The fourth-order valence-electron chi connectivity index (χ4n) is 2.87. The van der Waals surface area contributed by atoms with Gasteiger partial charge in [0, 0.05) is 21.1 Å². The van der Waals surface area contributed by atoms with E-state index in [0.29, 0.717) is 28.8 Å². The fourth-order valence-corrected chi connectivity index (χ4v) is 4.38. The van der Waals surface area contributed by atoms with Crippen molar-refractivity contribution in [3.63, 3.8) is 0 Å². The zero-order valence-corrected chi connectivity index (χ0v) is 20.9.